The second-order valence-corrected chi connectivity index (χ2v) is 21.8. The van der Waals surface area contributed by atoms with Gasteiger partial charge in [0.25, 0.3) is 0 Å². The molecule has 1 unspecified atom stereocenters. The van der Waals surface area contributed by atoms with E-state index in [9.17, 15) is 9.32 Å². The van der Waals surface area contributed by atoms with E-state index in [4.69, 9.17) is 13.8 Å². The standard InChI is InChI=1S/C32H50FO3P.C19H36O2/c1-15-21-17-19-23(29(3,4)5)27(25(21)31(9,10)11)34-37(36-33)35-28-24(30(6,7)8)20-18-22(16-2)26(28)32(12,13)14;1-2-3-4-5-6-7-8-9-10-11-12-13-15-18-16-14-17-21-19(18)20/h17-20H,15-16H2,1-14H3;18H,2-17H2,1H3. The molecule has 0 amide bonds. The number of carbonyl (C=O) groups is 1. The average molecular weight is 829 g/mol. The highest BCUT2D eigenvalue weighted by Gasteiger charge is 2.36. The summed E-state index contributed by atoms with van der Waals surface area (Å²) in [5.74, 6) is 1.61. The van der Waals surface area contributed by atoms with E-state index in [1.165, 1.54) is 88.2 Å². The number of rotatable bonds is 20. The van der Waals surface area contributed by atoms with Crippen LogP contribution in [-0.2, 0) is 48.8 Å². The van der Waals surface area contributed by atoms with Crippen LogP contribution in [0.4, 0.5) is 4.53 Å². The van der Waals surface area contributed by atoms with E-state index in [-0.39, 0.29) is 33.5 Å². The number of ether oxygens (including phenoxy) is 1. The van der Waals surface area contributed by atoms with Crippen LogP contribution in [0.1, 0.15) is 234 Å². The van der Waals surface area contributed by atoms with Gasteiger partial charge in [-0.1, -0.05) is 210 Å². The van der Waals surface area contributed by atoms with Crippen molar-refractivity contribution in [2.75, 3.05) is 6.61 Å². The van der Waals surface area contributed by atoms with E-state index < -0.39 is 8.60 Å². The van der Waals surface area contributed by atoms with Gasteiger partial charge in [-0.05, 0) is 69.4 Å². The highest BCUT2D eigenvalue weighted by molar-refractivity contribution is 7.42. The Labute approximate surface area is 357 Å². The molecular formula is C51H86FO5P. The number of cyclic esters (lactones) is 1. The first-order valence-corrected chi connectivity index (χ1v) is 24.2. The normalized spacial score (nSPS) is 15.3. The van der Waals surface area contributed by atoms with Crippen LogP contribution in [0.15, 0.2) is 24.3 Å². The van der Waals surface area contributed by atoms with Crippen LogP contribution >= 0.6 is 8.60 Å². The smallest absolute Gasteiger partial charge is 0.465 e. The van der Waals surface area contributed by atoms with E-state index in [1.54, 1.807) is 0 Å². The summed E-state index contributed by atoms with van der Waals surface area (Å²) in [6, 6.07) is 8.56. The Morgan fingerprint density at radius 1 is 0.603 bits per heavy atom. The molecule has 1 aliphatic heterocycles. The molecule has 1 heterocycles. The predicted molar refractivity (Wildman–Crippen MR) is 246 cm³/mol. The third-order valence-electron chi connectivity index (χ3n) is 11.4. The molecule has 1 saturated heterocycles. The summed E-state index contributed by atoms with van der Waals surface area (Å²) in [6.07, 6.45) is 21.4. The zero-order valence-corrected chi connectivity index (χ0v) is 40.9. The van der Waals surface area contributed by atoms with Crippen molar-refractivity contribution in [1.82, 2.24) is 0 Å². The van der Waals surface area contributed by atoms with Crippen molar-refractivity contribution < 1.29 is 27.8 Å². The molecule has 7 heteroatoms. The fourth-order valence-electron chi connectivity index (χ4n) is 8.28. The van der Waals surface area contributed by atoms with Crippen LogP contribution in [0, 0.1) is 5.92 Å². The van der Waals surface area contributed by atoms with Gasteiger partial charge in [0, 0.05) is 22.3 Å². The SMILES string of the molecule is CCCCCCCCCCCCCCC1CCCOC1=O.CCc1ccc(C(C)(C)C)c(OP(OF)Oc2c(C(C)(C)C)ccc(CC)c2C(C)(C)C)c1C(C)(C)C. The number of hydrogen-bond acceptors (Lipinski definition) is 5. The molecule has 0 aliphatic carbocycles. The molecule has 1 fully saturated rings. The summed E-state index contributed by atoms with van der Waals surface area (Å²) in [5, 5.41) is 0. The summed E-state index contributed by atoms with van der Waals surface area (Å²) >= 11 is 0. The largest absolute Gasteiger partial charge is 0.497 e. The topological polar surface area (TPSA) is 54.0 Å². The maximum Gasteiger partial charge on any atom is 0.497 e. The minimum absolute atomic E-state index is 0.0596. The Bertz CT molecular complexity index is 1420. The van der Waals surface area contributed by atoms with Gasteiger partial charge in [-0.2, -0.15) is 0 Å². The molecule has 2 aromatic rings. The van der Waals surface area contributed by atoms with Crippen molar-refractivity contribution >= 4 is 14.6 Å². The Kier molecular flexibility index (Phi) is 21.8. The monoisotopic (exact) mass is 829 g/mol. The highest BCUT2D eigenvalue weighted by atomic mass is 31.2. The van der Waals surface area contributed by atoms with Crippen molar-refractivity contribution in [3.8, 4) is 11.5 Å². The van der Waals surface area contributed by atoms with Crippen LogP contribution in [0.25, 0.3) is 0 Å². The van der Waals surface area contributed by atoms with Gasteiger partial charge in [0.1, 0.15) is 11.5 Å². The Morgan fingerprint density at radius 2 is 1.00 bits per heavy atom. The number of halogens is 1. The van der Waals surface area contributed by atoms with E-state index in [1.807, 2.05) is 0 Å². The Hall–Kier alpha value is -2.17. The molecule has 0 aromatic heterocycles. The van der Waals surface area contributed by atoms with Crippen molar-refractivity contribution in [3.63, 3.8) is 0 Å². The minimum atomic E-state index is -2.37. The molecule has 1 atom stereocenters. The summed E-state index contributed by atoms with van der Waals surface area (Å²) < 4.78 is 37.0. The molecule has 3 rings (SSSR count). The van der Waals surface area contributed by atoms with E-state index in [0.717, 1.165) is 54.4 Å². The van der Waals surface area contributed by atoms with Gasteiger partial charge in [0.05, 0.1) is 12.5 Å². The van der Waals surface area contributed by atoms with Crippen molar-refractivity contribution in [3.05, 3.63) is 57.6 Å². The van der Waals surface area contributed by atoms with Gasteiger partial charge in [-0.15, -0.1) is 0 Å². The predicted octanol–water partition coefficient (Wildman–Crippen LogP) is 16.6. The third-order valence-corrected chi connectivity index (χ3v) is 12.2. The number of esters is 1. The Morgan fingerprint density at radius 3 is 1.33 bits per heavy atom. The van der Waals surface area contributed by atoms with Gasteiger partial charge in [0.2, 0.25) is 0 Å². The van der Waals surface area contributed by atoms with Crippen LogP contribution in [-0.4, -0.2) is 12.6 Å². The lowest BCUT2D eigenvalue weighted by atomic mass is 9.77. The summed E-state index contributed by atoms with van der Waals surface area (Å²) in [7, 11) is -2.37. The second kappa shape index (κ2) is 24.3. The molecule has 0 N–H and O–H groups in total. The van der Waals surface area contributed by atoms with Gasteiger partial charge in [0.15, 0.2) is 0 Å². The molecule has 0 radical (unpaired) electrons. The zero-order valence-electron chi connectivity index (χ0n) is 40.0. The molecule has 58 heavy (non-hydrogen) atoms. The summed E-state index contributed by atoms with van der Waals surface area (Å²) in [5.41, 5.74) is 5.68. The molecular weight excluding hydrogens is 743 g/mol. The van der Waals surface area contributed by atoms with Gasteiger partial charge >= 0.3 is 14.6 Å². The lowest BCUT2D eigenvalue weighted by molar-refractivity contribution is -0.153. The van der Waals surface area contributed by atoms with Gasteiger partial charge in [-0.25, -0.2) is 0 Å². The first-order valence-electron chi connectivity index (χ1n) is 23.1. The zero-order chi connectivity index (χ0) is 43.7. The number of benzene rings is 2. The van der Waals surface area contributed by atoms with Gasteiger partial charge < -0.3 is 13.8 Å². The highest BCUT2D eigenvalue weighted by Crippen LogP contribution is 2.53. The third kappa shape index (κ3) is 16.7. The number of carbonyl (C=O) groups excluding carboxylic acids is 1. The lowest BCUT2D eigenvalue weighted by Gasteiger charge is -2.34. The quantitative estimate of drug-likeness (QED) is 0.0756. The van der Waals surface area contributed by atoms with Gasteiger partial charge in [-0.3, -0.25) is 4.79 Å². The molecule has 1 aliphatic rings. The maximum atomic E-state index is 14.4. The first-order chi connectivity index (χ1) is 27.1. The van der Waals surface area contributed by atoms with Crippen LogP contribution in [0.3, 0.4) is 0 Å². The fraction of sp³-hybridized carbons (Fsp3) is 0.745. The number of hydrogen-bond donors (Lipinski definition) is 0. The molecule has 0 spiro atoms. The molecule has 0 saturated carbocycles. The van der Waals surface area contributed by atoms with Crippen molar-refractivity contribution in [2.45, 2.75) is 235 Å². The second-order valence-electron chi connectivity index (χ2n) is 20.8. The number of unbranched alkanes of at least 4 members (excludes halogenated alkanes) is 11. The minimum Gasteiger partial charge on any atom is -0.465 e. The summed E-state index contributed by atoms with van der Waals surface area (Å²) in [6.45, 7) is 33.1. The van der Waals surface area contributed by atoms with E-state index in [0.29, 0.717) is 18.1 Å². The Balaban J connectivity index is 0.000000467. The van der Waals surface area contributed by atoms with Crippen molar-refractivity contribution in [1.29, 1.82) is 0 Å². The van der Waals surface area contributed by atoms with Crippen molar-refractivity contribution in [2.24, 2.45) is 5.92 Å². The van der Waals surface area contributed by atoms with E-state index >= 15 is 0 Å². The van der Waals surface area contributed by atoms with E-state index in [2.05, 4.69) is 133 Å². The fourth-order valence-corrected chi connectivity index (χ4v) is 9.05. The van der Waals surface area contributed by atoms with Crippen LogP contribution < -0.4 is 9.05 Å². The van der Waals surface area contributed by atoms with Crippen LogP contribution in [0.5, 0.6) is 11.5 Å². The van der Waals surface area contributed by atoms with Crippen LogP contribution in [0.2, 0.25) is 0 Å². The first kappa shape index (κ1) is 52.0. The maximum absolute atomic E-state index is 14.4. The molecule has 0 bridgehead atoms. The number of aryl methyl sites for hydroxylation is 2. The summed E-state index contributed by atoms with van der Waals surface area (Å²) in [4.78, 5) is 11.5. The molecule has 2 aromatic carbocycles. The lowest BCUT2D eigenvalue weighted by Crippen LogP contribution is -2.23. The average Bonchev–Trinajstić information content (AvgIpc) is 3.13. The molecule has 332 valence electrons. The molecule has 5 nitrogen and oxygen atoms in total.